The minimum Gasteiger partial charge on any atom is -0.481 e. The van der Waals surface area contributed by atoms with E-state index >= 15 is 0 Å². The van der Waals surface area contributed by atoms with Gasteiger partial charge in [-0.25, -0.2) is 0 Å². The van der Waals surface area contributed by atoms with Gasteiger partial charge in [0.15, 0.2) is 14.6 Å². The number of carbonyl (C=O) groups excluding carboxylic acids is 1. The lowest BCUT2D eigenvalue weighted by Crippen LogP contribution is -2.44. The third kappa shape index (κ3) is 9.09. The molecule has 1 heterocycles. The average Bonchev–Trinajstić information content (AvgIpc) is 3.03. The number of carboxylic acids is 1. The molecule has 0 spiro atoms. The Kier molecular flexibility index (Phi) is 11.3. The zero-order chi connectivity index (χ0) is 25.4. The van der Waals surface area contributed by atoms with Crippen LogP contribution < -0.4 is 0 Å². The van der Waals surface area contributed by atoms with Crippen LogP contribution in [0, 0.1) is 11.8 Å². The van der Waals surface area contributed by atoms with Gasteiger partial charge in [0.1, 0.15) is 6.10 Å². The van der Waals surface area contributed by atoms with Gasteiger partial charge in [0.05, 0.1) is 6.10 Å². The molecular formula is C26H46O7Si. The van der Waals surface area contributed by atoms with E-state index < -0.39 is 14.3 Å². The molecule has 5 atom stereocenters. The Bertz CT molecular complexity index is 679. The van der Waals surface area contributed by atoms with Crippen LogP contribution in [0.5, 0.6) is 0 Å². The lowest BCUT2D eigenvalue weighted by molar-refractivity contribution is -0.198. The minimum absolute atomic E-state index is 0.0815. The zero-order valence-electron chi connectivity index (χ0n) is 22.0. The first-order valence-electron chi connectivity index (χ1n) is 12.9. The van der Waals surface area contributed by atoms with E-state index in [4.69, 9.17) is 23.7 Å². The fraction of sp³-hybridized carbons (Fsp3) is 0.846. The first-order valence-corrected chi connectivity index (χ1v) is 15.8. The second-order valence-corrected chi connectivity index (χ2v) is 16.1. The van der Waals surface area contributed by atoms with Crippen LogP contribution in [0.3, 0.4) is 0 Å². The number of allylic oxidation sites excluding steroid dienone is 2. The summed E-state index contributed by atoms with van der Waals surface area (Å²) >= 11 is 0. The van der Waals surface area contributed by atoms with E-state index in [1.165, 1.54) is 6.92 Å². The van der Waals surface area contributed by atoms with E-state index in [-0.39, 0.29) is 47.8 Å². The summed E-state index contributed by atoms with van der Waals surface area (Å²) in [5, 5.41) is 8.93. The van der Waals surface area contributed by atoms with Crippen molar-refractivity contribution in [2.45, 2.75) is 116 Å². The molecular weight excluding hydrogens is 452 g/mol. The summed E-state index contributed by atoms with van der Waals surface area (Å²) in [4.78, 5) is 22.6. The van der Waals surface area contributed by atoms with Gasteiger partial charge in [-0.2, -0.15) is 0 Å². The van der Waals surface area contributed by atoms with E-state index in [1.54, 1.807) is 0 Å². The van der Waals surface area contributed by atoms with Crippen molar-refractivity contribution in [3.05, 3.63) is 12.2 Å². The number of ether oxygens (including phenoxy) is 3. The van der Waals surface area contributed by atoms with Crippen molar-refractivity contribution >= 4 is 20.3 Å². The van der Waals surface area contributed by atoms with Crippen molar-refractivity contribution < 1.29 is 33.3 Å². The number of unbranched alkanes of at least 4 members (excludes halogenated alkanes) is 1. The zero-order valence-corrected chi connectivity index (χ0v) is 23.0. The number of carboxylic acid groups (broad SMARTS) is 1. The molecule has 1 N–H and O–H groups in total. The fourth-order valence-corrected chi connectivity index (χ4v) is 5.51. The Morgan fingerprint density at radius 3 is 2.44 bits per heavy atom. The highest BCUT2D eigenvalue weighted by atomic mass is 28.4. The molecule has 0 aromatic carbocycles. The topological polar surface area (TPSA) is 91.3 Å². The molecule has 0 bridgehead atoms. The number of rotatable bonds is 12. The van der Waals surface area contributed by atoms with Gasteiger partial charge in [0, 0.05) is 44.8 Å². The molecule has 1 aliphatic heterocycles. The quantitative estimate of drug-likeness (QED) is 0.160. The summed E-state index contributed by atoms with van der Waals surface area (Å²) < 4.78 is 24.7. The molecule has 2 fully saturated rings. The standard InChI is InChI=1S/C26H46O7Si/c1-19(27)32-22-17-23(33-25-15-11-12-16-30-25)21(18-31-34(5,6)26(2,3)4)20(22)13-9-7-8-10-14-24(28)29/h7,9,20-23,25H,8,10-18H2,1-6H3,(H,28,29)/t20-,21-,22-,23-,25?/m1/s1. The van der Waals surface area contributed by atoms with Gasteiger partial charge in [-0.3, -0.25) is 9.59 Å². The molecule has 1 unspecified atom stereocenters. The molecule has 34 heavy (non-hydrogen) atoms. The molecule has 1 aliphatic carbocycles. The van der Waals surface area contributed by atoms with Gasteiger partial charge in [0.25, 0.3) is 0 Å². The van der Waals surface area contributed by atoms with Crippen LogP contribution in [0.4, 0.5) is 0 Å². The van der Waals surface area contributed by atoms with Crippen LogP contribution in [0.1, 0.15) is 79.1 Å². The monoisotopic (exact) mass is 498 g/mol. The third-order valence-corrected chi connectivity index (χ3v) is 12.0. The van der Waals surface area contributed by atoms with Crippen LogP contribution >= 0.6 is 0 Å². The lowest BCUT2D eigenvalue weighted by atomic mass is 9.91. The molecule has 8 heteroatoms. The Morgan fingerprint density at radius 2 is 1.85 bits per heavy atom. The maximum absolute atomic E-state index is 11.9. The first kappa shape index (κ1) is 29.0. The molecule has 1 saturated heterocycles. The van der Waals surface area contributed by atoms with Crippen molar-refractivity contribution in [1.29, 1.82) is 0 Å². The van der Waals surface area contributed by atoms with Crippen LogP contribution in [-0.4, -0.2) is 57.1 Å². The summed E-state index contributed by atoms with van der Waals surface area (Å²) in [6.45, 7) is 14.0. The Labute approximate surface area is 206 Å². The second kappa shape index (κ2) is 13.2. The molecule has 2 aliphatic rings. The van der Waals surface area contributed by atoms with Crippen molar-refractivity contribution in [3.8, 4) is 0 Å². The van der Waals surface area contributed by atoms with Crippen molar-refractivity contribution in [1.82, 2.24) is 0 Å². The first-order chi connectivity index (χ1) is 15.9. The third-order valence-electron chi connectivity index (χ3n) is 7.53. The highest BCUT2D eigenvalue weighted by Gasteiger charge is 2.48. The fourth-order valence-electron chi connectivity index (χ4n) is 4.47. The van der Waals surface area contributed by atoms with Gasteiger partial charge in [-0.1, -0.05) is 32.9 Å². The number of hydrogen-bond donors (Lipinski definition) is 1. The van der Waals surface area contributed by atoms with Gasteiger partial charge >= 0.3 is 11.9 Å². The maximum Gasteiger partial charge on any atom is 0.303 e. The molecule has 7 nitrogen and oxygen atoms in total. The Balaban J connectivity index is 2.15. The number of hydrogen-bond acceptors (Lipinski definition) is 6. The largest absolute Gasteiger partial charge is 0.481 e. The van der Waals surface area contributed by atoms with Gasteiger partial charge in [-0.15, -0.1) is 0 Å². The summed E-state index contributed by atoms with van der Waals surface area (Å²) in [5.41, 5.74) is 0. The van der Waals surface area contributed by atoms with E-state index in [0.29, 0.717) is 19.4 Å². The van der Waals surface area contributed by atoms with Crippen molar-refractivity contribution in [2.24, 2.45) is 11.8 Å². The molecule has 1 saturated carbocycles. The molecule has 0 radical (unpaired) electrons. The van der Waals surface area contributed by atoms with E-state index in [9.17, 15) is 9.59 Å². The number of aliphatic carboxylic acids is 1. The summed E-state index contributed by atoms with van der Waals surface area (Å²) in [5.74, 6) is -0.878. The summed E-state index contributed by atoms with van der Waals surface area (Å²) in [6, 6.07) is 0. The molecule has 0 aromatic rings. The summed E-state index contributed by atoms with van der Waals surface area (Å²) in [6.07, 6.45) is 9.53. The van der Waals surface area contributed by atoms with Gasteiger partial charge in [-0.05, 0) is 56.7 Å². The SMILES string of the molecule is CC(=O)O[C@@H]1C[C@@H](OC2CCCCO2)[C@H](CO[Si](C)(C)C(C)(C)C)[C@H]1CC=CCCCC(=O)O. The normalized spacial score (nSPS) is 28.4. The molecule has 196 valence electrons. The molecule has 0 aromatic heterocycles. The number of carbonyl (C=O) groups is 2. The van der Waals surface area contributed by atoms with Crippen LogP contribution in [-0.2, 0) is 28.2 Å². The molecule has 0 amide bonds. The van der Waals surface area contributed by atoms with Crippen molar-refractivity contribution in [3.63, 3.8) is 0 Å². The van der Waals surface area contributed by atoms with E-state index in [2.05, 4.69) is 39.9 Å². The van der Waals surface area contributed by atoms with Crippen LogP contribution in [0.15, 0.2) is 12.2 Å². The summed E-state index contributed by atoms with van der Waals surface area (Å²) in [7, 11) is -1.97. The smallest absolute Gasteiger partial charge is 0.303 e. The predicted molar refractivity (Wildman–Crippen MR) is 134 cm³/mol. The van der Waals surface area contributed by atoms with Crippen LogP contribution in [0.2, 0.25) is 18.1 Å². The lowest BCUT2D eigenvalue weighted by Gasteiger charge is -2.38. The molecule has 2 rings (SSSR count). The Hall–Kier alpha value is -1.22. The predicted octanol–water partition coefficient (Wildman–Crippen LogP) is 5.69. The van der Waals surface area contributed by atoms with E-state index in [0.717, 1.165) is 38.7 Å². The van der Waals surface area contributed by atoms with Crippen LogP contribution in [0.25, 0.3) is 0 Å². The van der Waals surface area contributed by atoms with Gasteiger partial charge < -0.3 is 23.7 Å². The number of esters is 1. The second-order valence-electron chi connectivity index (χ2n) is 11.2. The highest BCUT2D eigenvalue weighted by molar-refractivity contribution is 6.74. The van der Waals surface area contributed by atoms with Gasteiger partial charge in [0.2, 0.25) is 0 Å². The Morgan fingerprint density at radius 1 is 1.12 bits per heavy atom. The average molecular weight is 499 g/mol. The minimum atomic E-state index is -1.97. The maximum atomic E-state index is 11.9. The van der Waals surface area contributed by atoms with E-state index in [1.807, 2.05) is 6.08 Å². The van der Waals surface area contributed by atoms with Crippen molar-refractivity contribution in [2.75, 3.05) is 13.2 Å². The highest BCUT2D eigenvalue weighted by Crippen LogP contribution is 2.43.